The number of hydrogen-bond donors (Lipinski definition) is 2. The highest BCUT2D eigenvalue weighted by molar-refractivity contribution is 7.90. The molecule has 7 nitrogen and oxygen atoms in total. The predicted molar refractivity (Wildman–Crippen MR) is 142 cm³/mol. The van der Waals surface area contributed by atoms with Crippen molar-refractivity contribution >= 4 is 27.0 Å². The van der Waals surface area contributed by atoms with Crippen LogP contribution in [0.5, 0.6) is 0 Å². The number of nitrogens with zero attached hydrogens (tertiary/aromatic N) is 1. The van der Waals surface area contributed by atoms with Gasteiger partial charge in [0.15, 0.2) is 0 Å². The number of sulfonamides is 1. The van der Waals surface area contributed by atoms with E-state index < -0.39 is 33.7 Å². The smallest absolute Gasteiger partial charge is 0.329 e. The number of fused-ring (bicyclic) bond motifs is 1. The van der Waals surface area contributed by atoms with Crippen molar-refractivity contribution in [1.29, 1.82) is 0 Å². The van der Waals surface area contributed by atoms with Crippen molar-refractivity contribution in [3.8, 4) is 11.1 Å². The number of hydrogen-bond acceptors (Lipinski definition) is 5. The molecule has 5 rings (SSSR count). The number of rotatable bonds is 7. The quantitative estimate of drug-likeness (QED) is 0.258. The molecule has 1 unspecified atom stereocenters. The SMILES string of the molecule is Cc1ccccc1S(=O)(=O)NC(=O)NC(Cc1cc(F)cc(F)c1)c1ncccc1-c1coc2ccccc12. The third-order valence-electron chi connectivity index (χ3n) is 6.22. The molecule has 0 fully saturated rings. The third-order valence-corrected chi connectivity index (χ3v) is 7.71. The number of amides is 2. The lowest BCUT2D eigenvalue weighted by molar-refractivity contribution is 0.242. The summed E-state index contributed by atoms with van der Waals surface area (Å²) in [7, 11) is -4.20. The molecule has 10 heteroatoms. The number of benzene rings is 3. The molecule has 0 saturated carbocycles. The molecule has 2 aromatic heterocycles. The second-order valence-corrected chi connectivity index (χ2v) is 10.6. The summed E-state index contributed by atoms with van der Waals surface area (Å²) in [6.45, 7) is 1.61. The fourth-order valence-corrected chi connectivity index (χ4v) is 5.68. The molecule has 0 aliphatic carbocycles. The Morgan fingerprint density at radius 3 is 2.44 bits per heavy atom. The second-order valence-electron chi connectivity index (χ2n) is 8.96. The summed E-state index contributed by atoms with van der Waals surface area (Å²) in [6, 6.07) is 18.2. The normalized spacial score (nSPS) is 12.3. The standard InChI is InChI=1S/C29H23F2N3O4S/c1-18-7-2-5-11-27(18)39(36,37)34-29(35)33-25(15-19-13-20(30)16-21(31)14-19)28-23(9-6-12-32-28)24-17-38-26-10-4-3-8-22(24)26/h2-14,16-17,25H,15H2,1H3,(H2,33,34,35). The minimum absolute atomic E-state index is 0.0488. The van der Waals surface area contributed by atoms with Crippen LogP contribution in [-0.4, -0.2) is 19.4 Å². The van der Waals surface area contributed by atoms with E-state index in [0.29, 0.717) is 28.0 Å². The van der Waals surface area contributed by atoms with Crippen molar-refractivity contribution in [2.75, 3.05) is 0 Å². The summed E-state index contributed by atoms with van der Waals surface area (Å²) in [5.41, 5.74) is 3.00. The Labute approximate surface area is 223 Å². The molecule has 0 bridgehead atoms. The first-order valence-corrected chi connectivity index (χ1v) is 13.4. The number of para-hydroxylation sites is 1. The van der Waals surface area contributed by atoms with Gasteiger partial charge in [0, 0.05) is 28.8 Å². The lowest BCUT2D eigenvalue weighted by Gasteiger charge is -2.21. The van der Waals surface area contributed by atoms with Gasteiger partial charge in [0.25, 0.3) is 10.0 Å². The van der Waals surface area contributed by atoms with Crippen molar-refractivity contribution in [2.45, 2.75) is 24.3 Å². The van der Waals surface area contributed by atoms with Crippen molar-refractivity contribution < 1.29 is 26.4 Å². The van der Waals surface area contributed by atoms with Crippen LogP contribution in [0.3, 0.4) is 0 Å². The van der Waals surface area contributed by atoms with Crippen LogP contribution in [-0.2, 0) is 16.4 Å². The van der Waals surface area contributed by atoms with E-state index in [0.717, 1.165) is 23.6 Å². The predicted octanol–water partition coefficient (Wildman–Crippen LogP) is 6.05. The Hall–Kier alpha value is -4.57. The minimum atomic E-state index is -4.20. The number of aryl methyl sites for hydroxylation is 1. The number of carbonyl (C=O) groups is 1. The van der Waals surface area contributed by atoms with Crippen LogP contribution in [0.15, 0.2) is 101 Å². The molecular formula is C29H23F2N3O4S. The van der Waals surface area contributed by atoms with E-state index in [1.54, 1.807) is 43.5 Å². The van der Waals surface area contributed by atoms with Crippen LogP contribution in [0.4, 0.5) is 13.6 Å². The van der Waals surface area contributed by atoms with Gasteiger partial charge in [-0.1, -0.05) is 42.5 Å². The molecule has 1 atom stereocenters. The summed E-state index contributed by atoms with van der Waals surface area (Å²) in [6.07, 6.45) is 3.00. The molecule has 0 spiro atoms. The van der Waals surface area contributed by atoms with Gasteiger partial charge in [0.05, 0.1) is 22.9 Å². The highest BCUT2D eigenvalue weighted by Crippen LogP contribution is 2.35. The Bertz CT molecular complexity index is 1770. The zero-order valence-electron chi connectivity index (χ0n) is 20.7. The second kappa shape index (κ2) is 10.7. The number of aromatic nitrogens is 1. The van der Waals surface area contributed by atoms with E-state index in [2.05, 4.69) is 10.3 Å². The Balaban J connectivity index is 1.54. The first-order chi connectivity index (χ1) is 18.7. The topological polar surface area (TPSA) is 101 Å². The zero-order chi connectivity index (χ0) is 27.6. The van der Waals surface area contributed by atoms with Gasteiger partial charge in [0.1, 0.15) is 17.2 Å². The summed E-state index contributed by atoms with van der Waals surface area (Å²) >= 11 is 0. The molecule has 2 N–H and O–H groups in total. The third kappa shape index (κ3) is 5.65. The van der Waals surface area contributed by atoms with Gasteiger partial charge < -0.3 is 9.73 Å². The van der Waals surface area contributed by atoms with Crippen LogP contribution in [0.2, 0.25) is 0 Å². The molecule has 2 heterocycles. The van der Waals surface area contributed by atoms with Crippen LogP contribution in [0, 0.1) is 18.6 Å². The largest absolute Gasteiger partial charge is 0.464 e. The molecule has 0 radical (unpaired) electrons. The van der Waals surface area contributed by atoms with E-state index >= 15 is 0 Å². The Morgan fingerprint density at radius 1 is 0.949 bits per heavy atom. The maximum absolute atomic E-state index is 14.0. The molecule has 0 aliphatic heterocycles. The van der Waals surface area contributed by atoms with Crippen LogP contribution < -0.4 is 10.0 Å². The number of halogens is 2. The summed E-state index contributed by atoms with van der Waals surface area (Å²) in [5.74, 6) is -1.56. The first kappa shape index (κ1) is 26.1. The molecule has 0 aliphatic rings. The molecule has 5 aromatic rings. The minimum Gasteiger partial charge on any atom is -0.464 e. The van der Waals surface area contributed by atoms with E-state index in [4.69, 9.17) is 4.42 Å². The number of furan rings is 1. The highest BCUT2D eigenvalue weighted by Gasteiger charge is 2.26. The highest BCUT2D eigenvalue weighted by atomic mass is 32.2. The van der Waals surface area contributed by atoms with Gasteiger partial charge in [0.2, 0.25) is 0 Å². The fraction of sp³-hybridized carbons (Fsp3) is 0.103. The van der Waals surface area contributed by atoms with Gasteiger partial charge in [-0.3, -0.25) is 4.98 Å². The average Bonchev–Trinajstić information content (AvgIpc) is 3.32. The van der Waals surface area contributed by atoms with Crippen molar-refractivity contribution in [2.24, 2.45) is 0 Å². The molecule has 0 saturated heterocycles. The summed E-state index contributed by atoms with van der Waals surface area (Å²) in [4.78, 5) is 17.5. The van der Waals surface area contributed by atoms with Crippen LogP contribution in [0.25, 0.3) is 22.1 Å². The van der Waals surface area contributed by atoms with Crippen LogP contribution >= 0.6 is 0 Å². The monoisotopic (exact) mass is 547 g/mol. The number of nitrogens with one attached hydrogen (secondary N) is 2. The maximum Gasteiger partial charge on any atom is 0.329 e. The average molecular weight is 548 g/mol. The van der Waals surface area contributed by atoms with Gasteiger partial charge in [-0.25, -0.2) is 26.7 Å². The van der Waals surface area contributed by atoms with Crippen molar-refractivity contribution in [3.63, 3.8) is 0 Å². The Morgan fingerprint density at radius 2 is 1.67 bits per heavy atom. The molecule has 3 aromatic carbocycles. The molecular weight excluding hydrogens is 524 g/mol. The summed E-state index contributed by atoms with van der Waals surface area (Å²) < 4.78 is 61.6. The number of pyridine rings is 1. The van der Waals surface area contributed by atoms with Gasteiger partial charge in [-0.15, -0.1) is 0 Å². The maximum atomic E-state index is 14.0. The molecule has 198 valence electrons. The summed E-state index contributed by atoms with van der Waals surface area (Å²) in [5, 5.41) is 3.45. The van der Waals surface area contributed by atoms with E-state index in [9.17, 15) is 22.0 Å². The molecule has 39 heavy (non-hydrogen) atoms. The van der Waals surface area contributed by atoms with Crippen molar-refractivity contribution in [1.82, 2.24) is 15.0 Å². The van der Waals surface area contributed by atoms with Gasteiger partial charge in [-0.2, -0.15) is 0 Å². The number of urea groups is 1. The van der Waals surface area contributed by atoms with Crippen molar-refractivity contribution in [3.05, 3.63) is 120 Å². The Kier molecular flexibility index (Phi) is 7.12. The molecule has 2 amide bonds. The number of carbonyl (C=O) groups excluding carboxylic acids is 1. The van der Waals surface area contributed by atoms with Gasteiger partial charge >= 0.3 is 6.03 Å². The van der Waals surface area contributed by atoms with E-state index in [1.165, 1.54) is 12.3 Å². The van der Waals surface area contributed by atoms with Crippen LogP contribution in [0.1, 0.15) is 22.9 Å². The lowest BCUT2D eigenvalue weighted by Crippen LogP contribution is -2.42. The lowest BCUT2D eigenvalue weighted by atomic mass is 9.95. The first-order valence-electron chi connectivity index (χ1n) is 12.0. The zero-order valence-corrected chi connectivity index (χ0v) is 21.5. The van der Waals surface area contributed by atoms with E-state index in [-0.39, 0.29) is 16.9 Å². The van der Waals surface area contributed by atoms with E-state index in [1.807, 2.05) is 29.0 Å². The fourth-order valence-electron chi connectivity index (χ4n) is 4.51. The van der Waals surface area contributed by atoms with Gasteiger partial charge in [-0.05, 0) is 54.8 Å².